The van der Waals surface area contributed by atoms with Gasteiger partial charge in [0, 0.05) is 12.1 Å². The van der Waals surface area contributed by atoms with Crippen molar-refractivity contribution in [1.29, 1.82) is 0 Å². The van der Waals surface area contributed by atoms with Crippen LogP contribution in [0.2, 0.25) is 0 Å². The van der Waals surface area contributed by atoms with Gasteiger partial charge in [0.05, 0.1) is 17.4 Å². The van der Waals surface area contributed by atoms with Crippen LogP contribution in [0.4, 0.5) is 5.69 Å². The molecule has 0 spiro atoms. The average molecular weight is 269 g/mol. The number of aliphatic carboxylic acids is 1. The quantitative estimate of drug-likeness (QED) is 0.627. The molecule has 0 aromatic heterocycles. The summed E-state index contributed by atoms with van der Waals surface area (Å²) in [6.07, 6.45) is 0. The van der Waals surface area contributed by atoms with Crippen molar-refractivity contribution in [2.75, 3.05) is 13.7 Å². The Balaban J connectivity index is 2.98. The van der Waals surface area contributed by atoms with E-state index in [0.29, 0.717) is 5.75 Å². The van der Waals surface area contributed by atoms with Gasteiger partial charge in [0.15, 0.2) is 0 Å². The standard InChI is InChI=1S/C12H15NO6/c1-12(2,11(14)15)7-19-10-6-8(18-3)4-5-9(10)13(16)17/h4-6H,7H2,1-3H3,(H,14,15). The highest BCUT2D eigenvalue weighted by molar-refractivity contribution is 5.73. The Morgan fingerprint density at radius 1 is 1.47 bits per heavy atom. The first kappa shape index (κ1) is 14.7. The van der Waals surface area contributed by atoms with Crippen LogP contribution in [0.3, 0.4) is 0 Å². The molecule has 1 aromatic carbocycles. The zero-order chi connectivity index (χ0) is 14.6. The molecule has 0 aliphatic rings. The highest BCUT2D eigenvalue weighted by atomic mass is 16.6. The molecule has 0 atom stereocenters. The van der Waals surface area contributed by atoms with Crippen molar-refractivity contribution in [3.8, 4) is 11.5 Å². The van der Waals surface area contributed by atoms with Crippen molar-refractivity contribution in [2.24, 2.45) is 5.41 Å². The van der Waals surface area contributed by atoms with E-state index in [1.54, 1.807) is 0 Å². The molecule has 0 radical (unpaired) electrons. The molecule has 0 aliphatic carbocycles. The number of hydrogen-bond donors (Lipinski definition) is 1. The normalized spacial score (nSPS) is 10.9. The smallest absolute Gasteiger partial charge is 0.312 e. The summed E-state index contributed by atoms with van der Waals surface area (Å²) in [5, 5.41) is 19.8. The molecular weight excluding hydrogens is 254 g/mol. The third-order valence-corrected chi connectivity index (χ3v) is 2.53. The Bertz CT molecular complexity index is 497. The number of benzene rings is 1. The van der Waals surface area contributed by atoms with Gasteiger partial charge in [-0.1, -0.05) is 0 Å². The van der Waals surface area contributed by atoms with Gasteiger partial charge in [-0.3, -0.25) is 14.9 Å². The zero-order valence-corrected chi connectivity index (χ0v) is 10.9. The monoisotopic (exact) mass is 269 g/mol. The molecule has 7 nitrogen and oxygen atoms in total. The second-order valence-corrected chi connectivity index (χ2v) is 4.57. The topological polar surface area (TPSA) is 98.9 Å². The Morgan fingerprint density at radius 3 is 2.58 bits per heavy atom. The van der Waals surface area contributed by atoms with Crippen molar-refractivity contribution >= 4 is 11.7 Å². The minimum atomic E-state index is -1.14. The third kappa shape index (κ3) is 3.57. The van der Waals surface area contributed by atoms with E-state index in [1.165, 1.54) is 39.2 Å². The lowest BCUT2D eigenvalue weighted by molar-refractivity contribution is -0.386. The molecular formula is C12H15NO6. The molecule has 0 saturated carbocycles. The predicted octanol–water partition coefficient (Wildman–Crippen LogP) is 2.09. The summed E-state index contributed by atoms with van der Waals surface area (Å²) in [5.41, 5.74) is -1.38. The van der Waals surface area contributed by atoms with Crippen LogP contribution in [0.5, 0.6) is 11.5 Å². The fourth-order valence-electron chi connectivity index (χ4n) is 1.21. The average Bonchev–Trinajstić information content (AvgIpc) is 2.35. The lowest BCUT2D eigenvalue weighted by Gasteiger charge is -2.19. The highest BCUT2D eigenvalue weighted by Gasteiger charge is 2.29. The summed E-state index contributed by atoms with van der Waals surface area (Å²) in [4.78, 5) is 21.2. The van der Waals surface area contributed by atoms with Crippen LogP contribution in [0, 0.1) is 15.5 Å². The van der Waals surface area contributed by atoms with E-state index in [4.69, 9.17) is 14.6 Å². The van der Waals surface area contributed by atoms with Crippen LogP contribution in [-0.2, 0) is 4.79 Å². The minimum absolute atomic E-state index is 0.0151. The maximum absolute atomic E-state index is 10.9. The number of ether oxygens (including phenoxy) is 2. The Kier molecular flexibility index (Phi) is 4.31. The van der Waals surface area contributed by atoms with Crippen molar-refractivity contribution < 1.29 is 24.3 Å². The van der Waals surface area contributed by atoms with Gasteiger partial charge in [-0.2, -0.15) is 0 Å². The largest absolute Gasteiger partial charge is 0.497 e. The summed E-state index contributed by atoms with van der Waals surface area (Å²) >= 11 is 0. The van der Waals surface area contributed by atoms with E-state index in [0.717, 1.165) is 0 Å². The van der Waals surface area contributed by atoms with E-state index in [9.17, 15) is 14.9 Å². The second-order valence-electron chi connectivity index (χ2n) is 4.57. The molecule has 0 amide bonds. The molecule has 19 heavy (non-hydrogen) atoms. The van der Waals surface area contributed by atoms with Crippen LogP contribution < -0.4 is 9.47 Å². The molecule has 0 aliphatic heterocycles. The molecule has 0 unspecified atom stereocenters. The molecule has 1 rings (SSSR count). The summed E-state index contributed by atoms with van der Waals surface area (Å²) in [5.74, 6) is -0.662. The molecule has 1 N–H and O–H groups in total. The van der Waals surface area contributed by atoms with Gasteiger partial charge in [0.25, 0.3) is 0 Å². The van der Waals surface area contributed by atoms with Gasteiger partial charge in [0.2, 0.25) is 5.75 Å². The van der Waals surface area contributed by atoms with E-state index >= 15 is 0 Å². The number of nitrogens with zero attached hydrogens (tertiary/aromatic N) is 1. The lowest BCUT2D eigenvalue weighted by Crippen LogP contribution is -2.30. The number of carbonyl (C=O) groups is 1. The number of carboxylic acids is 1. The molecule has 7 heteroatoms. The Morgan fingerprint density at radius 2 is 2.11 bits per heavy atom. The first-order valence-corrected chi connectivity index (χ1v) is 5.46. The van der Waals surface area contributed by atoms with E-state index in [2.05, 4.69) is 0 Å². The number of methoxy groups -OCH3 is 1. The Hall–Kier alpha value is -2.31. The van der Waals surface area contributed by atoms with Gasteiger partial charge in [0.1, 0.15) is 12.4 Å². The first-order valence-electron chi connectivity index (χ1n) is 5.46. The molecule has 1 aromatic rings. The van der Waals surface area contributed by atoms with Gasteiger partial charge in [-0.05, 0) is 19.9 Å². The van der Waals surface area contributed by atoms with E-state index in [1.807, 2.05) is 0 Å². The molecule has 0 saturated heterocycles. The fourth-order valence-corrected chi connectivity index (χ4v) is 1.21. The van der Waals surface area contributed by atoms with Crippen LogP contribution in [0.25, 0.3) is 0 Å². The summed E-state index contributed by atoms with van der Waals surface area (Å²) < 4.78 is 10.2. The molecule has 0 bridgehead atoms. The maximum atomic E-state index is 10.9. The second kappa shape index (κ2) is 5.55. The van der Waals surface area contributed by atoms with E-state index in [-0.39, 0.29) is 18.0 Å². The number of rotatable bonds is 6. The van der Waals surface area contributed by atoms with Crippen molar-refractivity contribution in [3.05, 3.63) is 28.3 Å². The minimum Gasteiger partial charge on any atom is -0.497 e. The SMILES string of the molecule is COc1ccc([N+](=O)[O-])c(OCC(C)(C)C(=O)O)c1. The fraction of sp³-hybridized carbons (Fsp3) is 0.417. The predicted molar refractivity (Wildman–Crippen MR) is 66.6 cm³/mol. The molecule has 0 fully saturated rings. The van der Waals surface area contributed by atoms with Crippen molar-refractivity contribution in [2.45, 2.75) is 13.8 Å². The molecule has 0 heterocycles. The third-order valence-electron chi connectivity index (χ3n) is 2.53. The summed E-state index contributed by atoms with van der Waals surface area (Å²) in [6, 6.07) is 4.05. The van der Waals surface area contributed by atoms with Crippen LogP contribution >= 0.6 is 0 Å². The summed E-state index contributed by atoms with van der Waals surface area (Å²) in [7, 11) is 1.42. The first-order chi connectivity index (χ1) is 8.77. The van der Waals surface area contributed by atoms with Gasteiger partial charge >= 0.3 is 11.7 Å². The number of nitro groups is 1. The number of carboxylic acid groups (broad SMARTS) is 1. The van der Waals surface area contributed by atoms with Crippen molar-refractivity contribution in [1.82, 2.24) is 0 Å². The van der Waals surface area contributed by atoms with Crippen LogP contribution in [0.1, 0.15) is 13.8 Å². The van der Waals surface area contributed by atoms with Crippen LogP contribution in [0.15, 0.2) is 18.2 Å². The zero-order valence-electron chi connectivity index (χ0n) is 10.9. The van der Waals surface area contributed by atoms with Gasteiger partial charge in [-0.15, -0.1) is 0 Å². The van der Waals surface area contributed by atoms with Gasteiger partial charge < -0.3 is 14.6 Å². The maximum Gasteiger partial charge on any atom is 0.312 e. The van der Waals surface area contributed by atoms with Crippen LogP contribution in [-0.4, -0.2) is 29.7 Å². The van der Waals surface area contributed by atoms with Gasteiger partial charge in [-0.25, -0.2) is 0 Å². The molecule has 104 valence electrons. The van der Waals surface area contributed by atoms with Crippen molar-refractivity contribution in [3.63, 3.8) is 0 Å². The Labute approximate surface area is 109 Å². The highest BCUT2D eigenvalue weighted by Crippen LogP contribution is 2.32. The van der Waals surface area contributed by atoms with E-state index < -0.39 is 16.3 Å². The lowest BCUT2D eigenvalue weighted by atomic mass is 9.95. The number of hydrogen-bond acceptors (Lipinski definition) is 5. The number of nitro benzene ring substituents is 1. The summed E-state index contributed by atoms with van der Waals surface area (Å²) in [6.45, 7) is 2.76.